The molecule has 1 fully saturated rings. The van der Waals surface area contributed by atoms with Crippen molar-refractivity contribution in [3.05, 3.63) is 47.2 Å². The SMILES string of the molecule is CN(C)S(=O)(=O)c1ccc(Cl)c(C(=O)N2CCN(c3ncccn3)CC2)c1. The minimum Gasteiger partial charge on any atom is -0.337 e. The van der Waals surface area contributed by atoms with Gasteiger partial charge in [-0.1, -0.05) is 11.6 Å². The molecule has 3 rings (SSSR count). The van der Waals surface area contributed by atoms with E-state index in [4.69, 9.17) is 11.6 Å². The zero-order valence-corrected chi connectivity index (χ0v) is 16.6. The van der Waals surface area contributed by atoms with Crippen molar-refractivity contribution in [1.82, 2.24) is 19.2 Å². The molecule has 8 nitrogen and oxygen atoms in total. The zero-order chi connectivity index (χ0) is 19.6. The summed E-state index contributed by atoms with van der Waals surface area (Å²) in [5.41, 5.74) is 0.184. The van der Waals surface area contributed by atoms with Crippen LogP contribution in [0.2, 0.25) is 5.02 Å². The third-order valence-electron chi connectivity index (χ3n) is 4.35. The molecule has 0 spiro atoms. The predicted molar refractivity (Wildman–Crippen MR) is 102 cm³/mol. The highest BCUT2D eigenvalue weighted by molar-refractivity contribution is 7.89. The summed E-state index contributed by atoms with van der Waals surface area (Å²) in [6.07, 6.45) is 3.35. The highest BCUT2D eigenvalue weighted by Crippen LogP contribution is 2.24. The maximum absolute atomic E-state index is 12.9. The van der Waals surface area contributed by atoms with Gasteiger partial charge in [-0.05, 0) is 24.3 Å². The summed E-state index contributed by atoms with van der Waals surface area (Å²) in [7, 11) is -0.764. The summed E-state index contributed by atoms with van der Waals surface area (Å²) in [5.74, 6) is 0.339. The molecular formula is C17H20ClN5O3S. The van der Waals surface area contributed by atoms with Crippen LogP contribution in [0.5, 0.6) is 0 Å². The molecule has 1 aliphatic rings. The van der Waals surface area contributed by atoms with Crippen molar-refractivity contribution in [2.45, 2.75) is 4.90 Å². The Bertz CT molecular complexity index is 929. The molecule has 27 heavy (non-hydrogen) atoms. The topological polar surface area (TPSA) is 86.7 Å². The van der Waals surface area contributed by atoms with E-state index in [0.717, 1.165) is 4.31 Å². The molecule has 10 heteroatoms. The monoisotopic (exact) mass is 409 g/mol. The van der Waals surface area contributed by atoms with Crippen molar-refractivity contribution in [1.29, 1.82) is 0 Å². The number of rotatable bonds is 4. The van der Waals surface area contributed by atoms with Gasteiger partial charge in [0.25, 0.3) is 5.91 Å². The molecule has 144 valence electrons. The van der Waals surface area contributed by atoms with Crippen LogP contribution in [0.15, 0.2) is 41.6 Å². The first kappa shape index (κ1) is 19.5. The second-order valence-corrected chi connectivity index (χ2v) is 8.82. The van der Waals surface area contributed by atoms with Crippen molar-refractivity contribution >= 4 is 33.5 Å². The van der Waals surface area contributed by atoms with Gasteiger partial charge in [-0.25, -0.2) is 22.7 Å². The lowest BCUT2D eigenvalue weighted by Gasteiger charge is -2.34. The second-order valence-electron chi connectivity index (χ2n) is 6.26. The lowest BCUT2D eigenvalue weighted by molar-refractivity contribution is 0.0746. The number of piperazine rings is 1. The molecule has 0 N–H and O–H groups in total. The number of aromatic nitrogens is 2. The van der Waals surface area contributed by atoms with E-state index >= 15 is 0 Å². The van der Waals surface area contributed by atoms with Crippen molar-refractivity contribution < 1.29 is 13.2 Å². The third kappa shape index (κ3) is 4.05. The van der Waals surface area contributed by atoms with Crippen molar-refractivity contribution in [2.24, 2.45) is 0 Å². The van der Waals surface area contributed by atoms with Crippen LogP contribution in [-0.2, 0) is 10.0 Å². The number of benzene rings is 1. The van der Waals surface area contributed by atoms with Gasteiger partial charge in [-0.3, -0.25) is 4.79 Å². The third-order valence-corrected chi connectivity index (χ3v) is 6.49. The van der Waals surface area contributed by atoms with Crippen LogP contribution >= 0.6 is 11.6 Å². The molecular weight excluding hydrogens is 390 g/mol. The fourth-order valence-electron chi connectivity index (χ4n) is 2.77. The van der Waals surface area contributed by atoms with Crippen LogP contribution in [0.3, 0.4) is 0 Å². The average Bonchev–Trinajstić information content (AvgIpc) is 2.68. The molecule has 1 saturated heterocycles. The van der Waals surface area contributed by atoms with Gasteiger partial charge in [0, 0.05) is 52.7 Å². The van der Waals surface area contributed by atoms with Gasteiger partial charge in [0.05, 0.1) is 15.5 Å². The fraction of sp³-hybridized carbons (Fsp3) is 0.353. The summed E-state index contributed by atoms with van der Waals surface area (Å²) >= 11 is 6.18. The van der Waals surface area contributed by atoms with Gasteiger partial charge >= 0.3 is 0 Å². The molecule has 0 bridgehead atoms. The van der Waals surface area contributed by atoms with Crippen LogP contribution in [0.25, 0.3) is 0 Å². The Kier molecular flexibility index (Phi) is 5.64. The number of hydrogen-bond donors (Lipinski definition) is 0. The largest absolute Gasteiger partial charge is 0.337 e. The lowest BCUT2D eigenvalue weighted by atomic mass is 10.2. The normalized spacial score (nSPS) is 15.3. The van der Waals surface area contributed by atoms with Crippen LogP contribution in [0, 0.1) is 0 Å². The van der Waals surface area contributed by atoms with Gasteiger partial charge in [0.15, 0.2) is 0 Å². The zero-order valence-electron chi connectivity index (χ0n) is 15.0. The van der Waals surface area contributed by atoms with Crippen molar-refractivity contribution in [2.75, 3.05) is 45.2 Å². The van der Waals surface area contributed by atoms with Crippen molar-refractivity contribution in [3.8, 4) is 0 Å². The van der Waals surface area contributed by atoms with E-state index in [-0.39, 0.29) is 21.4 Å². The number of halogens is 1. The fourth-order valence-corrected chi connectivity index (χ4v) is 3.90. The summed E-state index contributed by atoms with van der Waals surface area (Å²) in [6.45, 7) is 2.11. The van der Waals surface area contributed by atoms with Gasteiger partial charge in [0.1, 0.15) is 0 Å². The molecule has 0 saturated carbocycles. The minimum absolute atomic E-state index is 0.0385. The lowest BCUT2D eigenvalue weighted by Crippen LogP contribution is -2.49. The Morgan fingerprint density at radius 1 is 1.11 bits per heavy atom. The molecule has 1 aromatic carbocycles. The van der Waals surface area contributed by atoms with Crippen molar-refractivity contribution in [3.63, 3.8) is 0 Å². The number of hydrogen-bond acceptors (Lipinski definition) is 6. The summed E-state index contributed by atoms with van der Waals surface area (Å²) in [6, 6.07) is 5.94. The Morgan fingerprint density at radius 3 is 2.33 bits per heavy atom. The van der Waals surface area contributed by atoms with Crippen LogP contribution in [0.1, 0.15) is 10.4 Å². The van der Waals surface area contributed by atoms with E-state index in [2.05, 4.69) is 9.97 Å². The van der Waals surface area contributed by atoms with E-state index in [9.17, 15) is 13.2 Å². The molecule has 1 aliphatic heterocycles. The molecule has 2 aromatic rings. The number of amides is 1. The Hall–Kier alpha value is -2.23. The Morgan fingerprint density at radius 2 is 1.74 bits per heavy atom. The molecule has 0 aliphatic carbocycles. The Labute approximate surface area is 163 Å². The highest BCUT2D eigenvalue weighted by atomic mass is 35.5. The van der Waals surface area contributed by atoms with E-state index in [1.165, 1.54) is 32.3 Å². The van der Waals surface area contributed by atoms with E-state index in [0.29, 0.717) is 32.1 Å². The number of sulfonamides is 1. The van der Waals surface area contributed by atoms with E-state index in [1.807, 2.05) is 4.90 Å². The molecule has 0 unspecified atom stereocenters. The van der Waals surface area contributed by atoms with Gasteiger partial charge < -0.3 is 9.80 Å². The van der Waals surface area contributed by atoms with E-state index in [1.54, 1.807) is 23.4 Å². The first-order chi connectivity index (χ1) is 12.8. The molecule has 1 aromatic heterocycles. The van der Waals surface area contributed by atoms with E-state index < -0.39 is 10.0 Å². The van der Waals surface area contributed by atoms with Crippen LogP contribution in [-0.4, -0.2) is 73.8 Å². The summed E-state index contributed by atoms with van der Waals surface area (Å²) < 4.78 is 25.8. The smallest absolute Gasteiger partial charge is 0.255 e. The van der Waals surface area contributed by atoms with Gasteiger partial charge in [-0.2, -0.15) is 0 Å². The number of carbonyl (C=O) groups is 1. The number of carbonyl (C=O) groups excluding carboxylic acids is 1. The quantitative estimate of drug-likeness (QED) is 0.757. The molecule has 1 amide bonds. The van der Waals surface area contributed by atoms with Gasteiger partial charge in [-0.15, -0.1) is 0 Å². The summed E-state index contributed by atoms with van der Waals surface area (Å²) in [5, 5.41) is 0.228. The first-order valence-corrected chi connectivity index (χ1v) is 10.2. The second kappa shape index (κ2) is 7.79. The Balaban J connectivity index is 1.77. The highest BCUT2D eigenvalue weighted by Gasteiger charge is 2.26. The standard InChI is InChI=1S/C17H20ClN5O3S/c1-21(2)27(25,26)13-4-5-15(18)14(12-13)16(24)22-8-10-23(11-9-22)17-19-6-3-7-20-17/h3-7,12H,8-11H2,1-2H3. The maximum atomic E-state index is 12.9. The predicted octanol–water partition coefficient (Wildman–Crippen LogP) is 1.34. The minimum atomic E-state index is -3.65. The summed E-state index contributed by atoms with van der Waals surface area (Å²) in [4.78, 5) is 25.0. The number of nitrogens with zero attached hydrogens (tertiary/aromatic N) is 5. The molecule has 2 heterocycles. The number of anilines is 1. The van der Waals surface area contributed by atoms with Crippen LogP contribution < -0.4 is 4.90 Å². The maximum Gasteiger partial charge on any atom is 0.255 e. The van der Waals surface area contributed by atoms with Crippen LogP contribution in [0.4, 0.5) is 5.95 Å². The molecule has 0 atom stereocenters. The molecule has 0 radical (unpaired) electrons. The van der Waals surface area contributed by atoms with Gasteiger partial charge in [0.2, 0.25) is 16.0 Å². The average molecular weight is 410 g/mol. The first-order valence-electron chi connectivity index (χ1n) is 8.34.